The second-order valence-electron chi connectivity index (χ2n) is 8.05. The zero-order valence-corrected chi connectivity index (χ0v) is 19.6. The summed E-state index contributed by atoms with van der Waals surface area (Å²) < 4.78 is 11.1. The number of pyridine rings is 1. The number of hydrogen-bond acceptors (Lipinski definition) is 6. The highest BCUT2D eigenvalue weighted by Gasteiger charge is 2.29. The van der Waals surface area contributed by atoms with Crippen LogP contribution in [0.3, 0.4) is 0 Å². The highest BCUT2D eigenvalue weighted by atomic mass is 35.5. The van der Waals surface area contributed by atoms with Gasteiger partial charge in [-0.25, -0.2) is 4.79 Å². The number of ether oxygens (including phenoxy) is 2. The minimum absolute atomic E-state index is 0.311. The summed E-state index contributed by atoms with van der Waals surface area (Å²) in [6.07, 6.45) is 0.0828. The Morgan fingerprint density at radius 1 is 1.24 bits per heavy atom. The molecule has 0 fully saturated rings. The number of rotatable bonds is 6. The van der Waals surface area contributed by atoms with E-state index in [2.05, 4.69) is 10.2 Å². The number of halogens is 1. The maximum Gasteiger partial charge on any atom is 0.340 e. The SMILES string of the molecule is CCC(OC(=O)c1c2c(nc3ccccc13)CCN(C)C2)C(=O)Nc1cc(Cl)ccc1OC. The smallest absolute Gasteiger partial charge is 0.340 e. The van der Waals surface area contributed by atoms with Gasteiger partial charge >= 0.3 is 5.97 Å². The van der Waals surface area contributed by atoms with Crippen LogP contribution in [0.25, 0.3) is 10.9 Å². The molecule has 0 saturated carbocycles. The molecule has 1 aliphatic heterocycles. The minimum Gasteiger partial charge on any atom is -0.495 e. The molecule has 1 unspecified atom stereocenters. The van der Waals surface area contributed by atoms with Gasteiger partial charge in [0.15, 0.2) is 6.10 Å². The third kappa shape index (κ3) is 4.79. The molecule has 3 aromatic rings. The van der Waals surface area contributed by atoms with Crippen LogP contribution in [0.2, 0.25) is 5.02 Å². The second kappa shape index (κ2) is 9.77. The van der Waals surface area contributed by atoms with Crippen molar-refractivity contribution >= 4 is 40.1 Å². The van der Waals surface area contributed by atoms with Gasteiger partial charge in [0, 0.05) is 41.2 Å². The van der Waals surface area contributed by atoms with E-state index in [1.54, 1.807) is 25.1 Å². The highest BCUT2D eigenvalue weighted by molar-refractivity contribution is 6.31. The van der Waals surface area contributed by atoms with Crippen molar-refractivity contribution in [3.05, 3.63) is 64.3 Å². The first-order valence-electron chi connectivity index (χ1n) is 10.9. The molecule has 7 nitrogen and oxygen atoms in total. The van der Waals surface area contributed by atoms with Gasteiger partial charge in [0.05, 0.1) is 23.9 Å². The zero-order chi connectivity index (χ0) is 23.5. The maximum absolute atomic E-state index is 13.4. The van der Waals surface area contributed by atoms with Crippen LogP contribution in [0.5, 0.6) is 5.75 Å². The van der Waals surface area contributed by atoms with Crippen molar-refractivity contribution < 1.29 is 19.1 Å². The molecule has 0 radical (unpaired) electrons. The van der Waals surface area contributed by atoms with Crippen LogP contribution in [0.1, 0.15) is 35.0 Å². The number of carbonyl (C=O) groups is 2. The summed E-state index contributed by atoms with van der Waals surface area (Å²) in [5.74, 6) is -0.512. The fourth-order valence-electron chi connectivity index (χ4n) is 4.06. The van der Waals surface area contributed by atoms with Gasteiger partial charge in [-0.2, -0.15) is 0 Å². The number of anilines is 1. The largest absolute Gasteiger partial charge is 0.495 e. The Labute approximate surface area is 197 Å². The van der Waals surface area contributed by atoms with E-state index < -0.39 is 18.0 Å². The molecule has 1 N–H and O–H groups in total. The summed E-state index contributed by atoms with van der Waals surface area (Å²) in [6.45, 7) is 3.26. The second-order valence-corrected chi connectivity index (χ2v) is 8.49. The lowest BCUT2D eigenvalue weighted by molar-refractivity contribution is -0.124. The van der Waals surface area contributed by atoms with E-state index in [9.17, 15) is 9.59 Å². The third-order valence-corrected chi connectivity index (χ3v) is 6.01. The Morgan fingerprint density at radius 2 is 2.03 bits per heavy atom. The quantitative estimate of drug-likeness (QED) is 0.539. The average Bonchev–Trinajstić information content (AvgIpc) is 2.81. The molecule has 1 atom stereocenters. The van der Waals surface area contributed by atoms with Crippen molar-refractivity contribution in [2.75, 3.05) is 26.0 Å². The average molecular weight is 468 g/mol. The molecule has 2 aromatic carbocycles. The summed E-state index contributed by atoms with van der Waals surface area (Å²) >= 11 is 6.07. The Balaban J connectivity index is 1.64. The highest BCUT2D eigenvalue weighted by Crippen LogP contribution is 2.30. The van der Waals surface area contributed by atoms with Crippen molar-refractivity contribution in [1.29, 1.82) is 0 Å². The van der Waals surface area contributed by atoms with E-state index in [1.165, 1.54) is 7.11 Å². The number of amides is 1. The van der Waals surface area contributed by atoms with Crippen LogP contribution in [0.4, 0.5) is 5.69 Å². The first-order chi connectivity index (χ1) is 15.9. The Hall–Kier alpha value is -3.16. The Bertz CT molecular complexity index is 1210. The molecule has 1 aliphatic rings. The Kier molecular flexibility index (Phi) is 6.81. The van der Waals surface area contributed by atoms with Crippen LogP contribution >= 0.6 is 11.6 Å². The summed E-state index contributed by atoms with van der Waals surface area (Å²) in [5, 5.41) is 3.95. The van der Waals surface area contributed by atoms with E-state index in [-0.39, 0.29) is 0 Å². The molecule has 0 saturated heterocycles. The molecule has 8 heteroatoms. The van der Waals surface area contributed by atoms with Crippen molar-refractivity contribution in [2.24, 2.45) is 0 Å². The van der Waals surface area contributed by atoms with Gasteiger partial charge in [0.25, 0.3) is 5.91 Å². The molecular weight excluding hydrogens is 442 g/mol. The topological polar surface area (TPSA) is 80.8 Å². The fourth-order valence-corrected chi connectivity index (χ4v) is 4.23. The summed E-state index contributed by atoms with van der Waals surface area (Å²) in [5.41, 5.74) is 3.40. The zero-order valence-electron chi connectivity index (χ0n) is 18.9. The molecular formula is C25H26ClN3O4. The number of methoxy groups -OCH3 is 1. The molecule has 33 heavy (non-hydrogen) atoms. The number of esters is 1. The first-order valence-corrected chi connectivity index (χ1v) is 11.2. The minimum atomic E-state index is -0.981. The number of hydrogen-bond donors (Lipinski definition) is 1. The van der Waals surface area contributed by atoms with E-state index >= 15 is 0 Å². The van der Waals surface area contributed by atoms with Gasteiger partial charge in [-0.3, -0.25) is 9.78 Å². The van der Waals surface area contributed by atoms with Gasteiger partial charge in [-0.05, 0) is 37.7 Å². The number of para-hydroxylation sites is 1. The lowest BCUT2D eigenvalue weighted by Gasteiger charge is -2.27. The van der Waals surface area contributed by atoms with Crippen molar-refractivity contribution in [3.63, 3.8) is 0 Å². The molecule has 2 heterocycles. The van der Waals surface area contributed by atoms with E-state index in [1.807, 2.05) is 31.3 Å². The van der Waals surface area contributed by atoms with Crippen molar-refractivity contribution in [2.45, 2.75) is 32.4 Å². The number of nitrogens with one attached hydrogen (secondary N) is 1. The van der Waals surface area contributed by atoms with Crippen molar-refractivity contribution in [1.82, 2.24) is 9.88 Å². The van der Waals surface area contributed by atoms with Gasteiger partial charge in [0.2, 0.25) is 0 Å². The number of benzene rings is 2. The predicted molar refractivity (Wildman–Crippen MR) is 128 cm³/mol. The number of aromatic nitrogens is 1. The number of fused-ring (bicyclic) bond motifs is 2. The number of carbonyl (C=O) groups excluding carboxylic acids is 2. The normalized spacial score (nSPS) is 14.4. The summed E-state index contributed by atoms with van der Waals surface area (Å²) in [4.78, 5) is 33.3. The summed E-state index contributed by atoms with van der Waals surface area (Å²) in [6, 6.07) is 12.4. The predicted octanol–water partition coefficient (Wildman–Crippen LogP) is 4.46. The van der Waals surface area contributed by atoms with E-state index in [0.717, 1.165) is 35.1 Å². The van der Waals surface area contributed by atoms with Gasteiger partial charge in [-0.1, -0.05) is 36.7 Å². The molecule has 0 bridgehead atoms. The van der Waals surface area contributed by atoms with Crippen LogP contribution in [-0.4, -0.2) is 48.6 Å². The van der Waals surface area contributed by atoms with Crippen LogP contribution < -0.4 is 10.1 Å². The first kappa shape index (κ1) is 23.0. The Morgan fingerprint density at radius 3 is 2.79 bits per heavy atom. The number of likely N-dealkylation sites (N-methyl/N-ethyl adjacent to an activating group) is 1. The van der Waals surface area contributed by atoms with Gasteiger partial charge in [-0.15, -0.1) is 0 Å². The standard InChI is InChI=1S/C25H26ClN3O4/c1-4-21(24(30)28-20-13-15(26)9-10-22(20)32-3)33-25(31)23-16-7-5-6-8-18(16)27-19-11-12-29(2)14-17(19)23/h5-10,13,21H,4,11-12,14H2,1-3H3,(H,28,30). The summed E-state index contributed by atoms with van der Waals surface area (Å²) in [7, 11) is 3.51. The van der Waals surface area contributed by atoms with Gasteiger partial charge in [0.1, 0.15) is 5.75 Å². The maximum atomic E-state index is 13.4. The fraction of sp³-hybridized carbons (Fsp3) is 0.320. The van der Waals surface area contributed by atoms with Crippen LogP contribution in [0.15, 0.2) is 42.5 Å². The molecule has 0 aliphatic carbocycles. The molecule has 4 rings (SSSR count). The third-order valence-electron chi connectivity index (χ3n) is 5.77. The lowest BCUT2D eigenvalue weighted by Crippen LogP contribution is -2.34. The molecule has 0 spiro atoms. The van der Waals surface area contributed by atoms with Crippen molar-refractivity contribution in [3.8, 4) is 5.75 Å². The van der Waals surface area contributed by atoms with Crippen LogP contribution in [0, 0.1) is 0 Å². The van der Waals surface area contributed by atoms with E-state index in [4.69, 9.17) is 26.1 Å². The monoisotopic (exact) mass is 467 g/mol. The molecule has 172 valence electrons. The number of nitrogens with zero attached hydrogens (tertiary/aromatic N) is 2. The van der Waals surface area contributed by atoms with E-state index in [0.29, 0.717) is 35.0 Å². The van der Waals surface area contributed by atoms with Gasteiger partial charge < -0.3 is 19.7 Å². The molecule has 1 aromatic heterocycles. The lowest BCUT2D eigenvalue weighted by atomic mass is 9.96. The molecule has 1 amide bonds. The van der Waals surface area contributed by atoms with Crippen LogP contribution in [-0.2, 0) is 22.5 Å².